The van der Waals surface area contributed by atoms with Gasteiger partial charge in [-0.25, -0.2) is 26.4 Å². The molecule has 0 heterocycles. The Morgan fingerprint density at radius 1 is 1.33 bits per heavy atom. The van der Waals surface area contributed by atoms with Gasteiger partial charge < -0.3 is 0 Å². The Hall–Kier alpha value is -1.70. The van der Waals surface area contributed by atoms with E-state index < -0.39 is 42.2 Å². The molecule has 0 fully saturated rings. The Kier molecular flexibility index (Phi) is 3.90. The van der Waals surface area contributed by atoms with Crippen molar-refractivity contribution in [2.75, 3.05) is 10.5 Å². The zero-order chi connectivity index (χ0) is 14.0. The van der Waals surface area contributed by atoms with Crippen LogP contribution in [0.5, 0.6) is 0 Å². The first kappa shape index (κ1) is 14.4. The van der Waals surface area contributed by atoms with Gasteiger partial charge >= 0.3 is 0 Å². The summed E-state index contributed by atoms with van der Waals surface area (Å²) in [6.07, 6.45) is 0. The van der Waals surface area contributed by atoms with Gasteiger partial charge in [-0.3, -0.25) is 4.72 Å². The maximum absolute atomic E-state index is 13.3. The molecular formula is C8H8FN3O4S2. The SMILES string of the molecule is N#CCS(=O)(=O)Nc1cc(S(N)(=O)=O)ccc1F. The zero-order valence-corrected chi connectivity index (χ0v) is 10.4. The monoisotopic (exact) mass is 293 g/mol. The van der Waals surface area contributed by atoms with Gasteiger partial charge in [0.15, 0.2) is 5.75 Å². The lowest BCUT2D eigenvalue weighted by Gasteiger charge is -2.07. The minimum absolute atomic E-state index is 0.446. The second kappa shape index (κ2) is 4.89. The topological polar surface area (TPSA) is 130 Å². The molecule has 98 valence electrons. The van der Waals surface area contributed by atoms with Gasteiger partial charge in [0.2, 0.25) is 20.0 Å². The average Bonchev–Trinajstić information content (AvgIpc) is 2.19. The number of hydrogen-bond donors (Lipinski definition) is 2. The minimum Gasteiger partial charge on any atom is -0.280 e. The van der Waals surface area contributed by atoms with Crippen molar-refractivity contribution in [1.82, 2.24) is 0 Å². The van der Waals surface area contributed by atoms with Crippen molar-refractivity contribution >= 4 is 25.7 Å². The summed E-state index contributed by atoms with van der Waals surface area (Å²) in [6, 6.07) is 3.76. The Morgan fingerprint density at radius 2 is 1.94 bits per heavy atom. The molecule has 0 aliphatic heterocycles. The Bertz CT molecular complexity index is 706. The largest absolute Gasteiger partial charge is 0.280 e. The third kappa shape index (κ3) is 3.66. The van der Waals surface area contributed by atoms with Crippen LogP contribution in [0.2, 0.25) is 0 Å². The first-order valence-electron chi connectivity index (χ1n) is 4.35. The lowest BCUT2D eigenvalue weighted by molar-refractivity contribution is 0.594. The fourth-order valence-electron chi connectivity index (χ4n) is 1.05. The third-order valence-corrected chi connectivity index (χ3v) is 3.74. The van der Waals surface area contributed by atoms with Crippen molar-refractivity contribution < 1.29 is 21.2 Å². The van der Waals surface area contributed by atoms with E-state index in [2.05, 4.69) is 0 Å². The van der Waals surface area contributed by atoms with E-state index in [0.29, 0.717) is 0 Å². The molecule has 0 unspecified atom stereocenters. The van der Waals surface area contributed by atoms with Gasteiger partial charge in [-0.1, -0.05) is 0 Å². The van der Waals surface area contributed by atoms with E-state index in [-0.39, 0.29) is 0 Å². The van der Waals surface area contributed by atoms with E-state index in [0.717, 1.165) is 18.2 Å². The number of nitrogens with zero attached hydrogens (tertiary/aromatic N) is 1. The Balaban J connectivity index is 3.23. The van der Waals surface area contributed by atoms with Gasteiger partial charge in [-0.15, -0.1) is 0 Å². The van der Waals surface area contributed by atoms with Crippen LogP contribution < -0.4 is 9.86 Å². The second-order valence-electron chi connectivity index (χ2n) is 3.21. The number of primary sulfonamides is 1. The molecule has 0 bridgehead atoms. The third-order valence-electron chi connectivity index (χ3n) is 1.79. The van der Waals surface area contributed by atoms with Crippen molar-refractivity contribution in [2.45, 2.75) is 4.90 Å². The summed E-state index contributed by atoms with van der Waals surface area (Å²) in [5.74, 6) is -1.87. The highest BCUT2D eigenvalue weighted by molar-refractivity contribution is 7.92. The van der Waals surface area contributed by atoms with Crippen molar-refractivity contribution in [2.24, 2.45) is 5.14 Å². The number of nitrogens with two attached hydrogens (primary N) is 1. The summed E-state index contributed by atoms with van der Waals surface area (Å²) >= 11 is 0. The first-order valence-corrected chi connectivity index (χ1v) is 7.55. The molecule has 0 aromatic heterocycles. The predicted octanol–water partition coefficient (Wildman–Crippen LogP) is -0.262. The molecule has 0 aliphatic rings. The predicted molar refractivity (Wildman–Crippen MR) is 60.8 cm³/mol. The molecule has 0 aliphatic carbocycles. The Morgan fingerprint density at radius 3 is 2.44 bits per heavy atom. The van der Waals surface area contributed by atoms with Crippen LogP contribution >= 0.6 is 0 Å². The highest BCUT2D eigenvalue weighted by Gasteiger charge is 2.16. The van der Waals surface area contributed by atoms with Gasteiger partial charge in [0.1, 0.15) is 5.82 Å². The molecule has 10 heteroatoms. The normalized spacial score (nSPS) is 11.8. The second-order valence-corrected chi connectivity index (χ2v) is 6.49. The van der Waals surface area contributed by atoms with Gasteiger partial charge in [0, 0.05) is 0 Å². The number of nitriles is 1. The molecule has 0 atom stereocenters. The van der Waals surface area contributed by atoms with E-state index in [1.54, 1.807) is 4.72 Å². The van der Waals surface area contributed by atoms with Crippen LogP contribution in [0.3, 0.4) is 0 Å². The van der Waals surface area contributed by atoms with Crippen LogP contribution in [-0.2, 0) is 20.0 Å². The number of nitrogens with one attached hydrogen (secondary N) is 1. The summed E-state index contributed by atoms with van der Waals surface area (Å²) in [4.78, 5) is -0.446. The van der Waals surface area contributed by atoms with E-state index in [1.807, 2.05) is 0 Å². The maximum Gasteiger partial charge on any atom is 0.246 e. The first-order chi connectivity index (χ1) is 8.15. The number of hydrogen-bond acceptors (Lipinski definition) is 5. The zero-order valence-electron chi connectivity index (χ0n) is 8.79. The fourth-order valence-corrected chi connectivity index (χ4v) is 2.32. The molecule has 1 aromatic rings. The van der Waals surface area contributed by atoms with E-state index in [9.17, 15) is 21.2 Å². The molecule has 3 N–H and O–H groups in total. The summed E-state index contributed by atoms with van der Waals surface area (Å²) in [6.45, 7) is 0. The summed E-state index contributed by atoms with van der Waals surface area (Å²) in [5, 5.41) is 13.1. The highest BCUT2D eigenvalue weighted by Crippen LogP contribution is 2.19. The quantitative estimate of drug-likeness (QED) is 0.789. The average molecular weight is 293 g/mol. The van der Waals surface area contributed by atoms with E-state index in [4.69, 9.17) is 10.4 Å². The molecule has 0 spiro atoms. The molecule has 7 nitrogen and oxygen atoms in total. The standard InChI is InChI=1S/C8H8FN3O4S2/c9-7-2-1-6(18(11,15)16)5-8(7)12-17(13,14)4-3-10/h1-2,5,12H,4H2,(H2,11,15,16). The van der Waals surface area contributed by atoms with Crippen LogP contribution in [0.1, 0.15) is 0 Å². The molecule has 0 saturated carbocycles. The van der Waals surface area contributed by atoms with Crippen LogP contribution in [0.25, 0.3) is 0 Å². The number of halogens is 1. The summed E-state index contributed by atoms with van der Waals surface area (Å²) < 4.78 is 59.5. The van der Waals surface area contributed by atoms with Crippen molar-refractivity contribution in [3.63, 3.8) is 0 Å². The molecule has 1 aromatic carbocycles. The lowest BCUT2D eigenvalue weighted by Crippen LogP contribution is -2.18. The van der Waals surface area contributed by atoms with E-state index in [1.165, 1.54) is 6.07 Å². The van der Waals surface area contributed by atoms with Crippen LogP contribution in [0.4, 0.5) is 10.1 Å². The van der Waals surface area contributed by atoms with Crippen LogP contribution in [0.15, 0.2) is 23.1 Å². The molecule has 1 rings (SSSR count). The molecule has 0 saturated heterocycles. The molecule has 0 radical (unpaired) electrons. The van der Waals surface area contributed by atoms with Gasteiger partial charge in [-0.05, 0) is 18.2 Å². The van der Waals surface area contributed by atoms with Gasteiger partial charge in [0.05, 0.1) is 16.7 Å². The number of benzene rings is 1. The Labute approximate surface area is 103 Å². The van der Waals surface area contributed by atoms with Crippen molar-refractivity contribution in [1.29, 1.82) is 5.26 Å². The summed E-state index contributed by atoms with van der Waals surface area (Å²) in [7, 11) is -8.13. The molecular weight excluding hydrogens is 285 g/mol. The smallest absolute Gasteiger partial charge is 0.246 e. The van der Waals surface area contributed by atoms with Crippen molar-refractivity contribution in [3.8, 4) is 6.07 Å². The van der Waals surface area contributed by atoms with Crippen LogP contribution in [-0.4, -0.2) is 22.6 Å². The number of sulfonamides is 2. The number of rotatable bonds is 4. The molecule has 18 heavy (non-hydrogen) atoms. The maximum atomic E-state index is 13.3. The number of anilines is 1. The minimum atomic E-state index is -4.08. The van der Waals surface area contributed by atoms with Gasteiger partial charge in [0.25, 0.3) is 0 Å². The lowest BCUT2D eigenvalue weighted by atomic mass is 10.3. The van der Waals surface area contributed by atoms with E-state index >= 15 is 0 Å². The molecule has 0 amide bonds. The van der Waals surface area contributed by atoms with Crippen molar-refractivity contribution in [3.05, 3.63) is 24.0 Å². The van der Waals surface area contributed by atoms with Gasteiger partial charge in [-0.2, -0.15) is 5.26 Å². The van der Waals surface area contributed by atoms with Crippen LogP contribution in [0, 0.1) is 17.1 Å². The fraction of sp³-hybridized carbons (Fsp3) is 0.125. The summed E-state index contributed by atoms with van der Waals surface area (Å²) in [5.41, 5.74) is -0.586. The highest BCUT2D eigenvalue weighted by atomic mass is 32.2.